The van der Waals surface area contributed by atoms with E-state index in [4.69, 9.17) is 0 Å². The van der Waals surface area contributed by atoms with Crippen molar-refractivity contribution in [1.29, 1.82) is 0 Å². The summed E-state index contributed by atoms with van der Waals surface area (Å²) in [7, 11) is 0. The molecule has 0 radical (unpaired) electrons. The molecule has 4 nitrogen and oxygen atoms in total. The molecular weight excluding hydrogens is 258 g/mol. The molecule has 0 saturated carbocycles. The highest BCUT2D eigenvalue weighted by Crippen LogP contribution is 2.38. The smallest absolute Gasteiger partial charge is 0.226 e. The monoisotopic (exact) mass is 279 g/mol. The quantitative estimate of drug-likeness (QED) is 0.900. The van der Waals surface area contributed by atoms with Crippen LogP contribution in [0.1, 0.15) is 36.4 Å². The Labute approximate surface area is 118 Å². The molecule has 1 unspecified atom stereocenters. The van der Waals surface area contributed by atoms with Crippen molar-refractivity contribution >= 4 is 17.2 Å². The van der Waals surface area contributed by atoms with Gasteiger partial charge in [0.15, 0.2) is 0 Å². The number of nitrogens with one attached hydrogen (secondary N) is 1. The molecule has 3 heterocycles. The van der Waals surface area contributed by atoms with Gasteiger partial charge in [-0.2, -0.15) is 0 Å². The van der Waals surface area contributed by atoms with Crippen LogP contribution in [-0.2, 0) is 11.3 Å². The largest absolute Gasteiger partial charge is 0.356 e. The molecule has 2 fully saturated rings. The van der Waals surface area contributed by atoms with Crippen LogP contribution >= 0.6 is 11.3 Å². The Kier molecular flexibility index (Phi) is 3.58. The fourth-order valence-corrected chi connectivity index (χ4v) is 4.08. The van der Waals surface area contributed by atoms with Crippen molar-refractivity contribution in [2.75, 3.05) is 19.6 Å². The molecule has 1 spiro atoms. The van der Waals surface area contributed by atoms with Gasteiger partial charge in [-0.3, -0.25) is 9.69 Å². The van der Waals surface area contributed by atoms with Crippen LogP contribution in [0.2, 0.25) is 0 Å². The number of thiazole rings is 1. The van der Waals surface area contributed by atoms with E-state index >= 15 is 0 Å². The normalized spacial score (nSPS) is 28.6. The van der Waals surface area contributed by atoms with Crippen LogP contribution < -0.4 is 5.32 Å². The molecule has 3 rings (SSSR count). The van der Waals surface area contributed by atoms with E-state index in [-0.39, 0.29) is 5.41 Å². The van der Waals surface area contributed by atoms with Crippen LogP contribution in [0.15, 0.2) is 5.38 Å². The van der Waals surface area contributed by atoms with Gasteiger partial charge in [0.25, 0.3) is 0 Å². The predicted molar refractivity (Wildman–Crippen MR) is 76.0 cm³/mol. The van der Waals surface area contributed by atoms with E-state index in [1.807, 2.05) is 6.92 Å². The molecule has 2 aliphatic rings. The second kappa shape index (κ2) is 5.21. The van der Waals surface area contributed by atoms with E-state index < -0.39 is 0 Å². The number of rotatable bonds is 2. The fourth-order valence-electron chi connectivity index (χ4n) is 3.27. The number of likely N-dealkylation sites (tertiary alicyclic amines) is 1. The maximum absolute atomic E-state index is 12.0. The van der Waals surface area contributed by atoms with Crippen molar-refractivity contribution < 1.29 is 4.79 Å². The average Bonchev–Trinajstić information content (AvgIpc) is 2.86. The third kappa shape index (κ3) is 2.67. The first kappa shape index (κ1) is 13.1. The fraction of sp³-hybridized carbons (Fsp3) is 0.714. The van der Waals surface area contributed by atoms with Gasteiger partial charge < -0.3 is 5.32 Å². The zero-order valence-electron chi connectivity index (χ0n) is 11.4. The van der Waals surface area contributed by atoms with Crippen molar-refractivity contribution in [2.45, 2.75) is 39.2 Å². The van der Waals surface area contributed by atoms with Crippen molar-refractivity contribution in [1.82, 2.24) is 15.2 Å². The molecule has 0 aliphatic carbocycles. The molecule has 1 aromatic rings. The Morgan fingerprint density at radius 2 is 2.32 bits per heavy atom. The Morgan fingerprint density at radius 1 is 1.42 bits per heavy atom. The SMILES string of the molecule is Cc1csc(CN2CCCC3(CCNC3=O)CC2)n1. The Bertz CT molecular complexity index is 473. The summed E-state index contributed by atoms with van der Waals surface area (Å²) in [5.41, 5.74) is 1.05. The molecular formula is C14H21N3OS. The van der Waals surface area contributed by atoms with Crippen LogP contribution in [0.5, 0.6) is 0 Å². The topological polar surface area (TPSA) is 45.2 Å². The van der Waals surface area contributed by atoms with Crippen molar-refractivity contribution in [3.63, 3.8) is 0 Å². The molecule has 2 aliphatic heterocycles. The summed E-state index contributed by atoms with van der Waals surface area (Å²) in [6.45, 7) is 5.96. The van der Waals surface area contributed by atoms with Crippen LogP contribution in [0.4, 0.5) is 0 Å². The van der Waals surface area contributed by atoms with Gasteiger partial charge in [0.05, 0.1) is 12.0 Å². The molecule has 1 N–H and O–H groups in total. The molecule has 1 amide bonds. The lowest BCUT2D eigenvalue weighted by Crippen LogP contribution is -2.32. The second-order valence-electron chi connectivity index (χ2n) is 5.80. The third-order valence-corrected chi connectivity index (χ3v) is 5.38. The summed E-state index contributed by atoms with van der Waals surface area (Å²) in [4.78, 5) is 19.0. The zero-order chi connectivity index (χ0) is 13.3. The molecule has 1 aromatic heterocycles. The van der Waals surface area contributed by atoms with E-state index in [1.165, 1.54) is 5.01 Å². The van der Waals surface area contributed by atoms with Crippen molar-refractivity contribution in [3.8, 4) is 0 Å². The predicted octanol–water partition coefficient (Wildman–Crippen LogP) is 1.94. The molecule has 0 bridgehead atoms. The summed E-state index contributed by atoms with van der Waals surface area (Å²) in [6.07, 6.45) is 4.20. The molecule has 19 heavy (non-hydrogen) atoms. The maximum atomic E-state index is 12.0. The summed E-state index contributed by atoms with van der Waals surface area (Å²) in [5, 5.41) is 6.32. The van der Waals surface area contributed by atoms with Crippen LogP contribution in [0, 0.1) is 12.3 Å². The number of aromatic nitrogens is 1. The van der Waals surface area contributed by atoms with Crippen molar-refractivity contribution in [2.24, 2.45) is 5.41 Å². The van der Waals surface area contributed by atoms with Gasteiger partial charge in [-0.15, -0.1) is 11.3 Å². The minimum atomic E-state index is -0.0620. The van der Waals surface area contributed by atoms with E-state index in [0.29, 0.717) is 5.91 Å². The first-order valence-electron chi connectivity index (χ1n) is 7.10. The standard InChI is InChI=1S/C14H21N3OS/c1-11-10-19-12(16-11)9-17-7-2-3-14(5-8-17)4-6-15-13(14)18/h10H,2-9H2,1H3,(H,15,18). The van der Waals surface area contributed by atoms with E-state index in [1.54, 1.807) is 11.3 Å². The van der Waals surface area contributed by atoms with Crippen molar-refractivity contribution in [3.05, 3.63) is 16.1 Å². The lowest BCUT2D eigenvalue weighted by atomic mass is 9.79. The number of aryl methyl sites for hydroxylation is 1. The Hall–Kier alpha value is -0.940. The molecule has 104 valence electrons. The molecule has 2 saturated heterocycles. The summed E-state index contributed by atoms with van der Waals surface area (Å²) < 4.78 is 0. The van der Waals surface area contributed by atoms with Gasteiger partial charge in [0.2, 0.25) is 5.91 Å². The average molecular weight is 279 g/mol. The minimum Gasteiger partial charge on any atom is -0.356 e. The van der Waals surface area contributed by atoms with Gasteiger partial charge in [-0.25, -0.2) is 4.98 Å². The highest BCUT2D eigenvalue weighted by Gasteiger charge is 2.42. The summed E-state index contributed by atoms with van der Waals surface area (Å²) in [6, 6.07) is 0. The Morgan fingerprint density at radius 3 is 3.00 bits per heavy atom. The van der Waals surface area contributed by atoms with Gasteiger partial charge >= 0.3 is 0 Å². The van der Waals surface area contributed by atoms with Gasteiger partial charge in [-0.05, 0) is 45.7 Å². The van der Waals surface area contributed by atoms with Gasteiger partial charge in [0.1, 0.15) is 5.01 Å². The summed E-state index contributed by atoms with van der Waals surface area (Å²) in [5.74, 6) is 0.291. The number of amides is 1. The molecule has 5 heteroatoms. The van der Waals surface area contributed by atoms with E-state index in [2.05, 4.69) is 20.6 Å². The first-order valence-corrected chi connectivity index (χ1v) is 7.98. The van der Waals surface area contributed by atoms with Gasteiger partial charge in [-0.1, -0.05) is 0 Å². The highest BCUT2D eigenvalue weighted by atomic mass is 32.1. The molecule has 0 aromatic carbocycles. The number of carbonyl (C=O) groups is 1. The number of hydrogen-bond acceptors (Lipinski definition) is 4. The highest BCUT2D eigenvalue weighted by molar-refractivity contribution is 7.09. The lowest BCUT2D eigenvalue weighted by molar-refractivity contribution is -0.128. The Balaban J connectivity index is 1.63. The van der Waals surface area contributed by atoms with Crippen LogP contribution in [0.3, 0.4) is 0 Å². The zero-order valence-corrected chi connectivity index (χ0v) is 12.3. The van der Waals surface area contributed by atoms with E-state index in [9.17, 15) is 4.79 Å². The van der Waals surface area contributed by atoms with E-state index in [0.717, 1.165) is 57.6 Å². The van der Waals surface area contributed by atoms with Crippen LogP contribution in [-0.4, -0.2) is 35.4 Å². The number of carbonyl (C=O) groups excluding carboxylic acids is 1. The van der Waals surface area contributed by atoms with Gasteiger partial charge in [0, 0.05) is 17.6 Å². The molecule has 1 atom stereocenters. The summed E-state index contributed by atoms with van der Waals surface area (Å²) >= 11 is 1.74. The lowest BCUT2D eigenvalue weighted by Gasteiger charge is -2.24. The van der Waals surface area contributed by atoms with Crippen LogP contribution in [0.25, 0.3) is 0 Å². The maximum Gasteiger partial charge on any atom is 0.226 e. The third-order valence-electron chi connectivity index (χ3n) is 4.43. The second-order valence-corrected chi connectivity index (χ2v) is 6.74. The number of hydrogen-bond donors (Lipinski definition) is 1. The number of nitrogens with zero attached hydrogens (tertiary/aromatic N) is 2. The minimum absolute atomic E-state index is 0.0620. The first-order chi connectivity index (χ1) is 9.18.